The molecule has 1 amide bonds. The van der Waals surface area contributed by atoms with Gasteiger partial charge in [0.25, 0.3) is 5.91 Å². The van der Waals surface area contributed by atoms with Gasteiger partial charge in [0.15, 0.2) is 0 Å². The van der Waals surface area contributed by atoms with Gasteiger partial charge >= 0.3 is 0 Å². The smallest absolute Gasteiger partial charge is 0.266 e. The summed E-state index contributed by atoms with van der Waals surface area (Å²) in [6.07, 6.45) is 2.62. The molecule has 2 aromatic carbocycles. The van der Waals surface area contributed by atoms with Gasteiger partial charge in [-0.25, -0.2) is 0 Å². The number of hydrogen-bond acceptors (Lipinski definition) is 5. The highest BCUT2D eigenvalue weighted by atomic mass is 32.2. The van der Waals surface area contributed by atoms with E-state index in [1.807, 2.05) is 68.5 Å². The van der Waals surface area contributed by atoms with Gasteiger partial charge in [0.1, 0.15) is 15.8 Å². The summed E-state index contributed by atoms with van der Waals surface area (Å²) in [6.45, 7) is 5.67. The summed E-state index contributed by atoms with van der Waals surface area (Å²) >= 11 is 6.61. The Balaban J connectivity index is 1.56. The van der Waals surface area contributed by atoms with E-state index in [1.165, 1.54) is 17.3 Å². The number of amides is 1. The number of nitrogens with zero attached hydrogens (tertiary/aromatic N) is 1. The Kier molecular flexibility index (Phi) is 7.12. The Labute approximate surface area is 175 Å². The second-order valence-electron chi connectivity index (χ2n) is 6.33. The van der Waals surface area contributed by atoms with Crippen LogP contribution in [0.4, 0.5) is 0 Å². The molecule has 0 N–H and O–H groups in total. The van der Waals surface area contributed by atoms with Crippen molar-refractivity contribution in [2.75, 3.05) is 19.8 Å². The van der Waals surface area contributed by atoms with Crippen molar-refractivity contribution in [2.45, 2.75) is 20.3 Å². The molecule has 2 aromatic rings. The fraction of sp³-hybridized carbons (Fsp3) is 0.273. The van der Waals surface area contributed by atoms with E-state index in [1.54, 1.807) is 4.90 Å². The van der Waals surface area contributed by atoms with Crippen molar-refractivity contribution < 1.29 is 14.3 Å². The lowest BCUT2D eigenvalue weighted by atomic mass is 10.2. The molecule has 0 unspecified atom stereocenters. The number of hydrogen-bond donors (Lipinski definition) is 0. The highest BCUT2D eigenvalue weighted by Crippen LogP contribution is 2.34. The lowest BCUT2D eigenvalue weighted by Crippen LogP contribution is -2.27. The van der Waals surface area contributed by atoms with Crippen LogP contribution in [0.1, 0.15) is 24.5 Å². The average molecular weight is 414 g/mol. The summed E-state index contributed by atoms with van der Waals surface area (Å²) in [4.78, 5) is 14.7. The van der Waals surface area contributed by atoms with Crippen molar-refractivity contribution in [3.8, 4) is 11.5 Å². The fourth-order valence-corrected chi connectivity index (χ4v) is 4.16. The Morgan fingerprint density at radius 1 is 1.11 bits per heavy atom. The van der Waals surface area contributed by atoms with Gasteiger partial charge in [-0.1, -0.05) is 54.3 Å². The first-order chi connectivity index (χ1) is 13.6. The molecule has 1 aliphatic rings. The maximum absolute atomic E-state index is 12.4. The third-order valence-electron chi connectivity index (χ3n) is 4.20. The zero-order valence-electron chi connectivity index (χ0n) is 16.0. The van der Waals surface area contributed by atoms with E-state index in [0.717, 1.165) is 23.5 Å². The molecule has 4 nitrogen and oxygen atoms in total. The van der Waals surface area contributed by atoms with Crippen LogP contribution in [-0.4, -0.2) is 34.9 Å². The van der Waals surface area contributed by atoms with E-state index in [2.05, 4.69) is 0 Å². The molecule has 28 heavy (non-hydrogen) atoms. The van der Waals surface area contributed by atoms with Crippen molar-refractivity contribution in [3.05, 3.63) is 64.6 Å². The molecule has 6 heteroatoms. The number of aryl methyl sites for hydroxylation is 1. The lowest BCUT2D eigenvalue weighted by molar-refractivity contribution is -0.121. The van der Waals surface area contributed by atoms with E-state index in [-0.39, 0.29) is 5.91 Å². The largest absolute Gasteiger partial charge is 0.493 e. The number of carbonyl (C=O) groups is 1. The normalized spacial score (nSPS) is 15.4. The molecule has 0 aromatic heterocycles. The standard InChI is InChI=1S/C22H23NO3S2/c1-3-23-21(24)20(28-22(23)27)15-17-9-4-5-11-19(17)26-13-7-12-25-18-10-6-8-16(2)14-18/h4-6,8-11,14-15H,3,7,12-13H2,1-2H3/b20-15-. The second-order valence-corrected chi connectivity index (χ2v) is 8.01. The Morgan fingerprint density at radius 2 is 1.89 bits per heavy atom. The lowest BCUT2D eigenvalue weighted by Gasteiger charge is -2.11. The van der Waals surface area contributed by atoms with Crippen molar-refractivity contribution >= 4 is 40.3 Å². The van der Waals surface area contributed by atoms with Crippen LogP contribution in [-0.2, 0) is 4.79 Å². The maximum atomic E-state index is 12.4. The summed E-state index contributed by atoms with van der Waals surface area (Å²) in [7, 11) is 0. The van der Waals surface area contributed by atoms with Gasteiger partial charge in [-0.15, -0.1) is 0 Å². The molecule has 0 radical (unpaired) electrons. The van der Waals surface area contributed by atoms with Crippen LogP contribution in [0, 0.1) is 6.92 Å². The van der Waals surface area contributed by atoms with E-state index < -0.39 is 0 Å². The summed E-state index contributed by atoms with van der Waals surface area (Å²) in [5.74, 6) is 1.58. The first kappa shape index (κ1) is 20.4. The molecule has 0 spiro atoms. The van der Waals surface area contributed by atoms with E-state index in [0.29, 0.717) is 29.0 Å². The van der Waals surface area contributed by atoms with Crippen LogP contribution in [0.3, 0.4) is 0 Å². The highest BCUT2D eigenvalue weighted by Gasteiger charge is 2.30. The summed E-state index contributed by atoms with van der Waals surface area (Å²) in [6, 6.07) is 15.7. The van der Waals surface area contributed by atoms with Gasteiger partial charge in [-0.3, -0.25) is 9.69 Å². The molecule has 0 atom stereocenters. The van der Waals surface area contributed by atoms with E-state index in [4.69, 9.17) is 21.7 Å². The predicted octanol–water partition coefficient (Wildman–Crippen LogP) is 5.06. The quantitative estimate of drug-likeness (QED) is 0.343. The Hall–Kier alpha value is -2.31. The molecule has 1 aliphatic heterocycles. The van der Waals surface area contributed by atoms with Gasteiger partial charge in [0, 0.05) is 18.5 Å². The van der Waals surface area contributed by atoms with Gasteiger partial charge in [0.2, 0.25) is 0 Å². The molecular weight excluding hydrogens is 390 g/mol. The van der Waals surface area contributed by atoms with Gasteiger partial charge in [-0.05, 0) is 43.7 Å². The third kappa shape index (κ3) is 5.14. The minimum Gasteiger partial charge on any atom is -0.493 e. The average Bonchev–Trinajstić information content (AvgIpc) is 2.95. The topological polar surface area (TPSA) is 38.8 Å². The first-order valence-electron chi connectivity index (χ1n) is 9.25. The SMILES string of the molecule is CCN1C(=O)/C(=C/c2ccccc2OCCCOc2cccc(C)c2)SC1=S. The molecule has 0 bridgehead atoms. The Morgan fingerprint density at radius 3 is 2.64 bits per heavy atom. The molecule has 1 fully saturated rings. The number of likely N-dealkylation sites (N-methyl/N-ethyl adjacent to an activating group) is 1. The van der Waals surface area contributed by atoms with Crippen LogP contribution in [0.15, 0.2) is 53.4 Å². The monoisotopic (exact) mass is 413 g/mol. The fourth-order valence-electron chi connectivity index (χ4n) is 2.78. The summed E-state index contributed by atoms with van der Waals surface area (Å²) in [5, 5.41) is 0. The molecule has 1 saturated heterocycles. The van der Waals surface area contributed by atoms with Crippen LogP contribution >= 0.6 is 24.0 Å². The zero-order valence-corrected chi connectivity index (χ0v) is 17.6. The molecule has 0 saturated carbocycles. The molecule has 3 rings (SSSR count). The molecule has 0 aliphatic carbocycles. The summed E-state index contributed by atoms with van der Waals surface area (Å²) in [5.41, 5.74) is 2.05. The number of thiocarbonyl (C=S) groups is 1. The zero-order chi connectivity index (χ0) is 19.9. The van der Waals surface area contributed by atoms with Gasteiger partial charge in [0.05, 0.1) is 18.1 Å². The molecule has 1 heterocycles. The van der Waals surface area contributed by atoms with Crippen molar-refractivity contribution in [3.63, 3.8) is 0 Å². The van der Waals surface area contributed by atoms with Gasteiger partial charge in [-0.2, -0.15) is 0 Å². The van der Waals surface area contributed by atoms with Crippen LogP contribution in [0.2, 0.25) is 0 Å². The van der Waals surface area contributed by atoms with Crippen molar-refractivity contribution in [2.24, 2.45) is 0 Å². The number of ether oxygens (including phenoxy) is 2. The Bertz CT molecular complexity index is 895. The van der Waals surface area contributed by atoms with Crippen molar-refractivity contribution in [1.82, 2.24) is 4.90 Å². The number of benzene rings is 2. The van der Waals surface area contributed by atoms with Crippen LogP contribution in [0.5, 0.6) is 11.5 Å². The van der Waals surface area contributed by atoms with E-state index >= 15 is 0 Å². The first-order valence-corrected chi connectivity index (χ1v) is 10.5. The van der Waals surface area contributed by atoms with Gasteiger partial charge < -0.3 is 9.47 Å². The van der Waals surface area contributed by atoms with Crippen LogP contribution < -0.4 is 9.47 Å². The van der Waals surface area contributed by atoms with Crippen LogP contribution in [0.25, 0.3) is 6.08 Å². The number of carbonyl (C=O) groups excluding carboxylic acids is 1. The number of rotatable bonds is 8. The maximum Gasteiger partial charge on any atom is 0.266 e. The van der Waals surface area contributed by atoms with E-state index in [9.17, 15) is 4.79 Å². The molecular formula is C22H23NO3S2. The number of thioether (sulfide) groups is 1. The predicted molar refractivity (Wildman–Crippen MR) is 119 cm³/mol. The minimum atomic E-state index is -0.0427. The number of para-hydroxylation sites is 1. The summed E-state index contributed by atoms with van der Waals surface area (Å²) < 4.78 is 12.3. The molecule has 146 valence electrons. The second kappa shape index (κ2) is 9.75. The minimum absolute atomic E-state index is 0.0427. The third-order valence-corrected chi connectivity index (χ3v) is 5.58. The van der Waals surface area contributed by atoms with Crippen molar-refractivity contribution in [1.29, 1.82) is 0 Å². The highest BCUT2D eigenvalue weighted by molar-refractivity contribution is 8.26.